The van der Waals surface area contributed by atoms with Crippen molar-refractivity contribution in [3.05, 3.63) is 0 Å². The van der Waals surface area contributed by atoms with Crippen LogP contribution in [0.3, 0.4) is 0 Å². The van der Waals surface area contributed by atoms with Crippen molar-refractivity contribution in [1.29, 1.82) is 0 Å². The summed E-state index contributed by atoms with van der Waals surface area (Å²) in [6, 6.07) is 0. The molecule has 0 aromatic heterocycles. The zero-order valence-electron chi connectivity index (χ0n) is 7.90. The van der Waals surface area contributed by atoms with Crippen LogP contribution >= 0.6 is 0 Å². The molecule has 72 valence electrons. The fourth-order valence-electron chi connectivity index (χ4n) is 1.65. The third kappa shape index (κ3) is 1.97. The quantitative estimate of drug-likeness (QED) is 0.610. The maximum absolute atomic E-state index is 9.55. The maximum atomic E-state index is 9.55. The molecule has 0 aromatic carbocycles. The van der Waals surface area contributed by atoms with Crippen molar-refractivity contribution in [2.45, 2.75) is 51.6 Å². The van der Waals surface area contributed by atoms with Crippen LogP contribution in [-0.4, -0.2) is 34.6 Å². The van der Waals surface area contributed by atoms with E-state index in [1.807, 2.05) is 20.8 Å². The lowest BCUT2D eigenvalue weighted by Gasteiger charge is -2.37. The molecular formula is C9H18O3. The van der Waals surface area contributed by atoms with Gasteiger partial charge < -0.3 is 14.9 Å². The van der Waals surface area contributed by atoms with Gasteiger partial charge in [0, 0.05) is 6.42 Å². The molecule has 1 rings (SSSR count). The van der Waals surface area contributed by atoms with E-state index in [1.54, 1.807) is 0 Å². The van der Waals surface area contributed by atoms with E-state index in [1.165, 1.54) is 0 Å². The lowest BCUT2D eigenvalue weighted by molar-refractivity contribution is -0.177. The zero-order valence-corrected chi connectivity index (χ0v) is 7.90. The van der Waals surface area contributed by atoms with Gasteiger partial charge in [-0.05, 0) is 12.8 Å². The lowest BCUT2D eigenvalue weighted by atomic mass is 9.92. The number of rotatable bonds is 1. The summed E-state index contributed by atoms with van der Waals surface area (Å²) in [5, 5.41) is 19.0. The fourth-order valence-corrected chi connectivity index (χ4v) is 1.65. The fraction of sp³-hybridized carbons (Fsp3) is 1.00. The molecule has 1 saturated heterocycles. The topological polar surface area (TPSA) is 49.7 Å². The first kappa shape index (κ1) is 9.96. The Kier molecular flexibility index (Phi) is 3.09. The minimum absolute atomic E-state index is 0.0517. The summed E-state index contributed by atoms with van der Waals surface area (Å²) in [7, 11) is 0. The Bertz CT molecular complexity index is 147. The van der Waals surface area contributed by atoms with Crippen LogP contribution in [0.4, 0.5) is 0 Å². The molecule has 1 fully saturated rings. The predicted molar refractivity (Wildman–Crippen MR) is 45.8 cm³/mol. The molecule has 0 radical (unpaired) electrons. The second-order valence-corrected chi connectivity index (χ2v) is 3.95. The van der Waals surface area contributed by atoms with Crippen molar-refractivity contribution in [1.82, 2.24) is 0 Å². The van der Waals surface area contributed by atoms with Crippen molar-refractivity contribution >= 4 is 0 Å². The first-order valence-electron chi connectivity index (χ1n) is 4.54. The van der Waals surface area contributed by atoms with Crippen LogP contribution in [0.15, 0.2) is 0 Å². The molecule has 0 amide bonds. The van der Waals surface area contributed by atoms with Crippen LogP contribution in [-0.2, 0) is 4.74 Å². The highest BCUT2D eigenvalue weighted by molar-refractivity contribution is 4.85. The standard InChI is InChI=1S/C9H18O3/c1-5(2)9-8(11)7(10)4-6(3)12-9/h5-11H,4H2,1-3H3/t6?,7-,8-,9?/m1/s1. The van der Waals surface area contributed by atoms with Gasteiger partial charge in [0.1, 0.15) is 6.10 Å². The highest BCUT2D eigenvalue weighted by atomic mass is 16.5. The highest BCUT2D eigenvalue weighted by Crippen LogP contribution is 2.24. The SMILES string of the molecule is CC1C[C@@H](O)[C@@H](O)C(C(C)C)O1. The Morgan fingerprint density at radius 1 is 1.33 bits per heavy atom. The van der Waals surface area contributed by atoms with E-state index in [0.29, 0.717) is 6.42 Å². The van der Waals surface area contributed by atoms with Gasteiger partial charge in [0.05, 0.1) is 18.3 Å². The number of hydrogen-bond donors (Lipinski definition) is 2. The molecule has 3 heteroatoms. The largest absolute Gasteiger partial charge is 0.390 e. The van der Waals surface area contributed by atoms with Gasteiger partial charge in [-0.3, -0.25) is 0 Å². The molecule has 3 nitrogen and oxygen atoms in total. The average molecular weight is 174 g/mol. The van der Waals surface area contributed by atoms with E-state index in [4.69, 9.17) is 4.74 Å². The molecule has 0 bridgehead atoms. The summed E-state index contributed by atoms with van der Waals surface area (Å²) >= 11 is 0. The third-order valence-corrected chi connectivity index (χ3v) is 2.35. The van der Waals surface area contributed by atoms with E-state index < -0.39 is 12.2 Å². The minimum Gasteiger partial charge on any atom is -0.390 e. The molecule has 4 atom stereocenters. The summed E-state index contributed by atoms with van der Waals surface area (Å²) in [6.07, 6.45) is -0.980. The van der Waals surface area contributed by atoms with Gasteiger partial charge in [0.15, 0.2) is 0 Å². The molecule has 1 aliphatic heterocycles. The van der Waals surface area contributed by atoms with Crippen molar-refractivity contribution in [3.8, 4) is 0 Å². The van der Waals surface area contributed by atoms with Crippen LogP contribution < -0.4 is 0 Å². The van der Waals surface area contributed by atoms with Crippen LogP contribution in [0.5, 0.6) is 0 Å². The van der Waals surface area contributed by atoms with Crippen molar-refractivity contribution in [3.63, 3.8) is 0 Å². The molecule has 2 unspecified atom stereocenters. The highest BCUT2D eigenvalue weighted by Gasteiger charge is 2.36. The van der Waals surface area contributed by atoms with Gasteiger partial charge in [-0.15, -0.1) is 0 Å². The van der Waals surface area contributed by atoms with Crippen molar-refractivity contribution < 1.29 is 14.9 Å². The summed E-state index contributed by atoms with van der Waals surface area (Å²) < 4.78 is 5.52. The van der Waals surface area contributed by atoms with Gasteiger partial charge >= 0.3 is 0 Å². The van der Waals surface area contributed by atoms with E-state index >= 15 is 0 Å². The molecule has 0 saturated carbocycles. The summed E-state index contributed by atoms with van der Waals surface area (Å²) in [6.45, 7) is 5.89. The first-order valence-corrected chi connectivity index (χ1v) is 4.54. The Morgan fingerprint density at radius 3 is 2.42 bits per heavy atom. The van der Waals surface area contributed by atoms with Gasteiger partial charge in [-0.25, -0.2) is 0 Å². The Hall–Kier alpha value is -0.120. The molecule has 0 aromatic rings. The summed E-state index contributed by atoms with van der Waals surface area (Å²) in [4.78, 5) is 0. The van der Waals surface area contributed by atoms with Gasteiger partial charge in [-0.1, -0.05) is 13.8 Å². The Morgan fingerprint density at radius 2 is 1.92 bits per heavy atom. The molecule has 1 heterocycles. The van der Waals surface area contributed by atoms with Crippen LogP contribution in [0.1, 0.15) is 27.2 Å². The van der Waals surface area contributed by atoms with Crippen LogP contribution in [0, 0.1) is 5.92 Å². The Labute approximate surface area is 73.4 Å². The van der Waals surface area contributed by atoms with Gasteiger partial charge in [0.25, 0.3) is 0 Å². The van der Waals surface area contributed by atoms with E-state index in [9.17, 15) is 10.2 Å². The van der Waals surface area contributed by atoms with E-state index in [-0.39, 0.29) is 18.1 Å². The molecule has 0 aliphatic carbocycles. The molecule has 2 N–H and O–H groups in total. The minimum atomic E-state index is -0.721. The van der Waals surface area contributed by atoms with Crippen LogP contribution in [0.25, 0.3) is 0 Å². The summed E-state index contributed by atoms with van der Waals surface area (Å²) in [5.74, 6) is 0.248. The van der Waals surface area contributed by atoms with E-state index in [2.05, 4.69) is 0 Å². The second kappa shape index (κ2) is 3.73. The monoisotopic (exact) mass is 174 g/mol. The molecule has 12 heavy (non-hydrogen) atoms. The smallest absolute Gasteiger partial charge is 0.106 e. The van der Waals surface area contributed by atoms with Crippen LogP contribution in [0.2, 0.25) is 0 Å². The van der Waals surface area contributed by atoms with Crippen molar-refractivity contribution in [2.75, 3.05) is 0 Å². The lowest BCUT2D eigenvalue weighted by Crippen LogP contribution is -2.49. The first-order chi connectivity index (χ1) is 5.52. The van der Waals surface area contributed by atoms with Gasteiger partial charge in [0.2, 0.25) is 0 Å². The van der Waals surface area contributed by atoms with Crippen molar-refractivity contribution in [2.24, 2.45) is 5.92 Å². The maximum Gasteiger partial charge on any atom is 0.106 e. The normalized spacial score (nSPS) is 43.5. The number of hydrogen-bond acceptors (Lipinski definition) is 3. The third-order valence-electron chi connectivity index (χ3n) is 2.35. The van der Waals surface area contributed by atoms with E-state index in [0.717, 1.165) is 0 Å². The van der Waals surface area contributed by atoms with Gasteiger partial charge in [-0.2, -0.15) is 0 Å². The zero-order chi connectivity index (χ0) is 9.30. The number of ether oxygens (including phenoxy) is 1. The average Bonchev–Trinajstić information content (AvgIpc) is 1.96. The number of aliphatic hydroxyl groups excluding tert-OH is 2. The number of aliphatic hydroxyl groups is 2. The Balaban J connectivity index is 2.60. The molecular weight excluding hydrogens is 156 g/mol. The second-order valence-electron chi connectivity index (χ2n) is 3.95. The molecule has 1 aliphatic rings. The molecule has 0 spiro atoms. The predicted octanol–water partition coefficient (Wildman–Crippen LogP) is 0.542. The summed E-state index contributed by atoms with van der Waals surface area (Å²) in [5.41, 5.74) is 0.